The summed E-state index contributed by atoms with van der Waals surface area (Å²) in [7, 11) is 1.17. The first-order chi connectivity index (χ1) is 8.13. The molecular formula is C11H14N2O4. The summed E-state index contributed by atoms with van der Waals surface area (Å²) in [4.78, 5) is 26.1. The Bertz CT molecular complexity index is 380. The molecule has 1 aromatic heterocycles. The molecule has 0 aromatic carbocycles. The van der Waals surface area contributed by atoms with Gasteiger partial charge in [0.05, 0.1) is 20.1 Å². The molecule has 1 amide bonds. The molecule has 0 spiro atoms. The van der Waals surface area contributed by atoms with E-state index >= 15 is 0 Å². The molecule has 1 unspecified atom stereocenters. The van der Waals surface area contributed by atoms with Gasteiger partial charge in [-0.25, -0.2) is 4.79 Å². The summed E-state index contributed by atoms with van der Waals surface area (Å²) in [5.41, 5.74) is 0.810. The van der Waals surface area contributed by atoms with Crippen molar-refractivity contribution in [2.24, 2.45) is 0 Å². The predicted octanol–water partition coefficient (Wildman–Crippen LogP) is -0.726. The molecule has 6 nitrogen and oxygen atoms in total. The SMILES string of the molecule is COC(=O)C(O)CNC(=O)Cc1ccncc1. The topological polar surface area (TPSA) is 88.5 Å². The van der Waals surface area contributed by atoms with Crippen LogP contribution in [0.15, 0.2) is 24.5 Å². The van der Waals surface area contributed by atoms with Crippen molar-refractivity contribution in [3.8, 4) is 0 Å². The van der Waals surface area contributed by atoms with Gasteiger partial charge in [-0.3, -0.25) is 9.78 Å². The van der Waals surface area contributed by atoms with Crippen LogP contribution in [0, 0.1) is 0 Å². The second-order valence-electron chi connectivity index (χ2n) is 3.38. The Balaban J connectivity index is 2.33. The highest BCUT2D eigenvalue weighted by atomic mass is 16.5. The smallest absolute Gasteiger partial charge is 0.336 e. The van der Waals surface area contributed by atoms with Crippen molar-refractivity contribution in [2.75, 3.05) is 13.7 Å². The number of pyridine rings is 1. The van der Waals surface area contributed by atoms with Gasteiger partial charge in [0, 0.05) is 12.4 Å². The first kappa shape index (κ1) is 13.1. The van der Waals surface area contributed by atoms with Gasteiger partial charge in [0.2, 0.25) is 5.91 Å². The lowest BCUT2D eigenvalue weighted by Crippen LogP contribution is -2.37. The Morgan fingerprint density at radius 1 is 1.47 bits per heavy atom. The van der Waals surface area contributed by atoms with Crippen LogP contribution in [0.25, 0.3) is 0 Å². The summed E-state index contributed by atoms with van der Waals surface area (Å²) in [6.45, 7) is -0.156. The average molecular weight is 238 g/mol. The number of amides is 1. The third kappa shape index (κ3) is 4.60. The van der Waals surface area contributed by atoms with Crippen molar-refractivity contribution in [1.29, 1.82) is 0 Å². The molecule has 1 rings (SSSR count). The molecule has 0 aliphatic carbocycles. The maximum absolute atomic E-state index is 11.4. The normalized spacial score (nSPS) is 11.6. The van der Waals surface area contributed by atoms with E-state index in [9.17, 15) is 14.7 Å². The summed E-state index contributed by atoms with van der Waals surface area (Å²) in [5, 5.41) is 11.7. The van der Waals surface area contributed by atoms with Crippen molar-refractivity contribution < 1.29 is 19.4 Å². The summed E-state index contributed by atoms with van der Waals surface area (Å²) >= 11 is 0. The standard InChI is InChI=1S/C11H14N2O4/c1-17-11(16)9(14)7-13-10(15)6-8-2-4-12-5-3-8/h2-5,9,14H,6-7H2,1H3,(H,13,15). The third-order valence-electron chi connectivity index (χ3n) is 2.08. The van der Waals surface area contributed by atoms with Gasteiger partial charge in [0.1, 0.15) is 0 Å². The van der Waals surface area contributed by atoms with Crippen molar-refractivity contribution in [1.82, 2.24) is 10.3 Å². The number of ether oxygens (including phenoxy) is 1. The molecule has 2 N–H and O–H groups in total. The highest BCUT2D eigenvalue weighted by Crippen LogP contribution is 1.97. The van der Waals surface area contributed by atoms with Gasteiger partial charge in [-0.1, -0.05) is 0 Å². The van der Waals surface area contributed by atoms with Crippen LogP contribution in [0.5, 0.6) is 0 Å². The Kier molecular flexibility index (Phi) is 5.09. The lowest BCUT2D eigenvalue weighted by atomic mass is 10.2. The second-order valence-corrected chi connectivity index (χ2v) is 3.38. The molecule has 0 bridgehead atoms. The van der Waals surface area contributed by atoms with E-state index in [0.717, 1.165) is 5.56 Å². The second kappa shape index (κ2) is 6.59. The monoisotopic (exact) mass is 238 g/mol. The van der Waals surface area contributed by atoms with E-state index in [-0.39, 0.29) is 18.9 Å². The molecule has 1 heterocycles. The number of aromatic nitrogens is 1. The maximum atomic E-state index is 11.4. The first-order valence-electron chi connectivity index (χ1n) is 5.05. The van der Waals surface area contributed by atoms with E-state index in [2.05, 4.69) is 15.0 Å². The van der Waals surface area contributed by atoms with Crippen LogP contribution in [-0.2, 0) is 20.7 Å². The number of rotatable bonds is 5. The highest BCUT2D eigenvalue weighted by molar-refractivity contribution is 5.80. The molecule has 0 saturated heterocycles. The predicted molar refractivity (Wildman–Crippen MR) is 59.0 cm³/mol. The molecule has 17 heavy (non-hydrogen) atoms. The number of hydrogen-bond donors (Lipinski definition) is 2. The minimum Gasteiger partial charge on any atom is -0.467 e. The van der Waals surface area contributed by atoms with Crippen molar-refractivity contribution in [2.45, 2.75) is 12.5 Å². The largest absolute Gasteiger partial charge is 0.467 e. The third-order valence-corrected chi connectivity index (χ3v) is 2.08. The van der Waals surface area contributed by atoms with Crippen LogP contribution >= 0.6 is 0 Å². The van der Waals surface area contributed by atoms with E-state index in [1.165, 1.54) is 7.11 Å². The van der Waals surface area contributed by atoms with Gasteiger partial charge in [0.15, 0.2) is 6.10 Å². The van der Waals surface area contributed by atoms with Crippen molar-refractivity contribution >= 4 is 11.9 Å². The number of carbonyl (C=O) groups excluding carboxylic acids is 2. The number of aliphatic hydroxyl groups excluding tert-OH is 1. The van der Waals surface area contributed by atoms with Crippen LogP contribution in [0.2, 0.25) is 0 Å². The lowest BCUT2D eigenvalue weighted by Gasteiger charge is -2.09. The van der Waals surface area contributed by atoms with Gasteiger partial charge in [-0.15, -0.1) is 0 Å². The van der Waals surface area contributed by atoms with Crippen LogP contribution in [-0.4, -0.2) is 41.7 Å². The molecule has 6 heteroatoms. The number of nitrogens with zero attached hydrogens (tertiary/aromatic N) is 1. The number of carbonyl (C=O) groups is 2. The van der Waals surface area contributed by atoms with E-state index in [1.54, 1.807) is 24.5 Å². The molecule has 0 fully saturated rings. The fraction of sp³-hybridized carbons (Fsp3) is 0.364. The van der Waals surface area contributed by atoms with E-state index in [0.29, 0.717) is 0 Å². The molecule has 0 saturated carbocycles. The molecule has 0 radical (unpaired) electrons. The van der Waals surface area contributed by atoms with E-state index < -0.39 is 12.1 Å². The quantitative estimate of drug-likeness (QED) is 0.660. The van der Waals surface area contributed by atoms with Gasteiger partial charge in [-0.2, -0.15) is 0 Å². The van der Waals surface area contributed by atoms with Crippen molar-refractivity contribution in [3.63, 3.8) is 0 Å². The molecule has 92 valence electrons. The van der Waals surface area contributed by atoms with Gasteiger partial charge in [-0.05, 0) is 17.7 Å². The number of hydrogen-bond acceptors (Lipinski definition) is 5. The van der Waals surface area contributed by atoms with Crippen LogP contribution in [0.3, 0.4) is 0 Å². The lowest BCUT2D eigenvalue weighted by molar-refractivity contribution is -0.150. The van der Waals surface area contributed by atoms with Crippen LogP contribution in [0.1, 0.15) is 5.56 Å². The zero-order valence-corrected chi connectivity index (χ0v) is 9.42. The fourth-order valence-corrected chi connectivity index (χ4v) is 1.18. The van der Waals surface area contributed by atoms with Gasteiger partial charge in [0.25, 0.3) is 0 Å². The van der Waals surface area contributed by atoms with Gasteiger partial charge < -0.3 is 15.2 Å². The summed E-state index contributed by atoms with van der Waals surface area (Å²) in [5.74, 6) is -1.05. The Morgan fingerprint density at radius 3 is 2.71 bits per heavy atom. The summed E-state index contributed by atoms with van der Waals surface area (Å²) < 4.78 is 4.31. The Labute approximate surface area is 98.6 Å². The van der Waals surface area contributed by atoms with Crippen molar-refractivity contribution in [3.05, 3.63) is 30.1 Å². The zero-order valence-electron chi connectivity index (χ0n) is 9.42. The summed E-state index contributed by atoms with van der Waals surface area (Å²) in [6, 6.07) is 3.44. The Hall–Kier alpha value is -1.95. The molecular weight excluding hydrogens is 224 g/mol. The molecule has 0 aliphatic rings. The van der Waals surface area contributed by atoms with E-state index in [1.807, 2.05) is 0 Å². The fourth-order valence-electron chi connectivity index (χ4n) is 1.18. The number of esters is 1. The Morgan fingerprint density at radius 2 is 2.12 bits per heavy atom. The first-order valence-corrected chi connectivity index (χ1v) is 5.05. The van der Waals surface area contributed by atoms with E-state index in [4.69, 9.17) is 0 Å². The minimum absolute atomic E-state index is 0.156. The molecule has 1 atom stereocenters. The highest BCUT2D eigenvalue weighted by Gasteiger charge is 2.15. The molecule has 1 aromatic rings. The average Bonchev–Trinajstić information content (AvgIpc) is 2.36. The zero-order chi connectivity index (χ0) is 12.7. The maximum Gasteiger partial charge on any atom is 0.336 e. The van der Waals surface area contributed by atoms with Crippen LogP contribution < -0.4 is 5.32 Å². The summed E-state index contributed by atoms with van der Waals surface area (Å²) in [6.07, 6.45) is 2.02. The van der Waals surface area contributed by atoms with Crippen LogP contribution in [0.4, 0.5) is 0 Å². The van der Waals surface area contributed by atoms with Gasteiger partial charge >= 0.3 is 5.97 Å². The number of nitrogens with one attached hydrogen (secondary N) is 1. The number of aliphatic hydroxyl groups is 1. The minimum atomic E-state index is -1.33. The number of methoxy groups -OCH3 is 1. The molecule has 0 aliphatic heterocycles.